The predicted octanol–water partition coefficient (Wildman–Crippen LogP) is 3.79. The normalized spacial score (nSPS) is 21.0. The van der Waals surface area contributed by atoms with Gasteiger partial charge < -0.3 is 4.42 Å². The van der Waals surface area contributed by atoms with Crippen LogP contribution in [0, 0.1) is 0 Å². The Morgan fingerprint density at radius 3 is 2.79 bits per heavy atom. The molecule has 0 bridgehead atoms. The van der Waals surface area contributed by atoms with E-state index in [1.807, 2.05) is 0 Å². The number of halogens is 1. The lowest BCUT2D eigenvalue weighted by Gasteiger charge is -2.31. The van der Waals surface area contributed by atoms with Crippen molar-refractivity contribution in [2.75, 3.05) is 0 Å². The van der Waals surface area contributed by atoms with Crippen LogP contribution in [0.25, 0.3) is 0 Å². The van der Waals surface area contributed by atoms with E-state index in [1.54, 1.807) is 6.39 Å². The van der Waals surface area contributed by atoms with Gasteiger partial charge in [-0.25, -0.2) is 4.98 Å². The number of rotatable bonds is 2. The molecule has 0 aliphatic heterocycles. The van der Waals surface area contributed by atoms with Crippen LogP contribution in [-0.2, 0) is 10.7 Å². The van der Waals surface area contributed by atoms with Gasteiger partial charge in [0, 0.05) is 10.7 Å². The van der Waals surface area contributed by atoms with Gasteiger partial charge in [-0.1, -0.05) is 42.1 Å². The van der Waals surface area contributed by atoms with E-state index in [4.69, 9.17) is 4.42 Å². The number of aromatic nitrogens is 1. The third-order valence-corrected chi connectivity index (χ3v) is 3.80. The Balaban J connectivity index is 2.27. The monoisotopic (exact) mass is 257 g/mol. The van der Waals surface area contributed by atoms with Gasteiger partial charge in [-0.3, -0.25) is 0 Å². The molecule has 2 rings (SSSR count). The van der Waals surface area contributed by atoms with E-state index in [9.17, 15) is 0 Å². The van der Waals surface area contributed by atoms with Gasteiger partial charge in [-0.2, -0.15) is 0 Å². The molecule has 2 nitrogen and oxygen atoms in total. The molecule has 1 saturated carbocycles. The third kappa shape index (κ3) is 1.74. The first-order valence-corrected chi connectivity index (χ1v) is 6.37. The van der Waals surface area contributed by atoms with Crippen LogP contribution in [0.1, 0.15) is 50.5 Å². The van der Waals surface area contributed by atoms with Crippen LogP contribution in [0.2, 0.25) is 0 Å². The number of hydrogen-bond donors (Lipinski definition) is 0. The first-order chi connectivity index (χ1) is 6.76. The standard InChI is InChI=1S/C11H16BrNO/c1-11(5-3-2-4-6-11)10-9(7-12)13-8-14-10/h8H,2-7H2,1H3. The number of hydrogen-bond acceptors (Lipinski definition) is 2. The molecule has 1 aliphatic rings. The second-order valence-electron chi connectivity index (χ2n) is 4.38. The molecule has 14 heavy (non-hydrogen) atoms. The molecule has 0 saturated heterocycles. The van der Waals surface area contributed by atoms with E-state index < -0.39 is 0 Å². The van der Waals surface area contributed by atoms with Crippen molar-refractivity contribution in [3.63, 3.8) is 0 Å². The summed E-state index contributed by atoms with van der Waals surface area (Å²) in [7, 11) is 0. The number of alkyl halides is 1. The van der Waals surface area contributed by atoms with Gasteiger partial charge in [0.2, 0.25) is 0 Å². The van der Waals surface area contributed by atoms with Crippen molar-refractivity contribution >= 4 is 15.9 Å². The summed E-state index contributed by atoms with van der Waals surface area (Å²) in [5.41, 5.74) is 1.31. The molecule has 1 aromatic heterocycles. The average molecular weight is 258 g/mol. The van der Waals surface area contributed by atoms with Gasteiger partial charge >= 0.3 is 0 Å². The van der Waals surface area contributed by atoms with Crippen LogP contribution >= 0.6 is 15.9 Å². The van der Waals surface area contributed by atoms with Crippen molar-refractivity contribution in [3.05, 3.63) is 17.8 Å². The summed E-state index contributed by atoms with van der Waals surface area (Å²) in [6, 6.07) is 0. The minimum Gasteiger partial charge on any atom is -0.448 e. The summed E-state index contributed by atoms with van der Waals surface area (Å²) in [4.78, 5) is 4.24. The minimum absolute atomic E-state index is 0.234. The highest BCUT2D eigenvalue weighted by Crippen LogP contribution is 2.40. The van der Waals surface area contributed by atoms with Crippen molar-refractivity contribution in [1.29, 1.82) is 0 Å². The molecule has 0 aromatic carbocycles. The summed E-state index contributed by atoms with van der Waals surface area (Å²) in [5.74, 6) is 1.11. The van der Waals surface area contributed by atoms with Crippen molar-refractivity contribution in [2.24, 2.45) is 0 Å². The van der Waals surface area contributed by atoms with Gasteiger partial charge in [0.15, 0.2) is 6.39 Å². The molecule has 0 radical (unpaired) electrons. The maximum absolute atomic E-state index is 5.56. The molecule has 1 aromatic rings. The fourth-order valence-corrected chi connectivity index (χ4v) is 2.81. The van der Waals surface area contributed by atoms with Crippen LogP contribution in [-0.4, -0.2) is 4.98 Å². The SMILES string of the molecule is CC1(c2ocnc2CBr)CCCCC1. The van der Waals surface area contributed by atoms with Gasteiger partial charge in [0.1, 0.15) is 5.76 Å². The van der Waals surface area contributed by atoms with Crippen LogP contribution in [0.15, 0.2) is 10.8 Å². The zero-order valence-electron chi connectivity index (χ0n) is 8.55. The molecule has 78 valence electrons. The Hall–Kier alpha value is -0.310. The molecule has 0 spiro atoms. The highest BCUT2D eigenvalue weighted by Gasteiger charge is 2.34. The Kier molecular flexibility index (Phi) is 2.96. The zero-order chi connectivity index (χ0) is 10.0. The maximum atomic E-state index is 5.56. The summed E-state index contributed by atoms with van der Waals surface area (Å²) in [5, 5.41) is 0.800. The predicted molar refractivity (Wildman–Crippen MR) is 59.6 cm³/mol. The first-order valence-electron chi connectivity index (χ1n) is 5.25. The van der Waals surface area contributed by atoms with E-state index in [-0.39, 0.29) is 5.41 Å². The quantitative estimate of drug-likeness (QED) is 0.754. The van der Waals surface area contributed by atoms with E-state index in [2.05, 4.69) is 27.8 Å². The Labute approximate surface area is 93.2 Å². The van der Waals surface area contributed by atoms with E-state index >= 15 is 0 Å². The molecular weight excluding hydrogens is 242 g/mol. The van der Waals surface area contributed by atoms with Gasteiger partial charge in [0.05, 0.1) is 5.69 Å². The van der Waals surface area contributed by atoms with Gasteiger partial charge in [0.25, 0.3) is 0 Å². The molecule has 3 heteroatoms. The topological polar surface area (TPSA) is 26.0 Å². The summed E-state index contributed by atoms with van der Waals surface area (Å²) in [6.07, 6.45) is 8.06. The van der Waals surface area contributed by atoms with Crippen molar-refractivity contribution in [2.45, 2.75) is 49.8 Å². The highest BCUT2D eigenvalue weighted by molar-refractivity contribution is 9.08. The Morgan fingerprint density at radius 2 is 2.14 bits per heavy atom. The zero-order valence-corrected chi connectivity index (χ0v) is 10.1. The molecule has 0 atom stereocenters. The maximum Gasteiger partial charge on any atom is 0.181 e. The largest absolute Gasteiger partial charge is 0.448 e. The summed E-state index contributed by atoms with van der Waals surface area (Å²) in [6.45, 7) is 2.30. The van der Waals surface area contributed by atoms with Gasteiger partial charge in [-0.15, -0.1) is 0 Å². The smallest absolute Gasteiger partial charge is 0.181 e. The van der Waals surface area contributed by atoms with E-state index in [0.29, 0.717) is 0 Å². The van der Waals surface area contributed by atoms with Crippen LogP contribution in [0.3, 0.4) is 0 Å². The highest BCUT2D eigenvalue weighted by atomic mass is 79.9. The molecule has 0 amide bonds. The Morgan fingerprint density at radius 1 is 1.43 bits per heavy atom. The molecule has 1 heterocycles. The van der Waals surface area contributed by atoms with Crippen LogP contribution in [0.5, 0.6) is 0 Å². The molecule has 0 N–H and O–H groups in total. The number of nitrogens with zero attached hydrogens (tertiary/aromatic N) is 1. The van der Waals surface area contributed by atoms with Crippen molar-refractivity contribution < 1.29 is 4.42 Å². The molecule has 0 unspecified atom stereocenters. The fraction of sp³-hybridized carbons (Fsp3) is 0.727. The lowest BCUT2D eigenvalue weighted by molar-refractivity contribution is 0.265. The third-order valence-electron chi connectivity index (χ3n) is 3.27. The van der Waals surface area contributed by atoms with Crippen molar-refractivity contribution in [1.82, 2.24) is 4.98 Å². The molecular formula is C11H16BrNO. The van der Waals surface area contributed by atoms with E-state index in [1.165, 1.54) is 32.1 Å². The van der Waals surface area contributed by atoms with Crippen LogP contribution in [0.4, 0.5) is 0 Å². The number of oxazole rings is 1. The molecule has 1 aliphatic carbocycles. The second kappa shape index (κ2) is 4.05. The van der Waals surface area contributed by atoms with E-state index in [0.717, 1.165) is 16.8 Å². The minimum atomic E-state index is 0.234. The van der Waals surface area contributed by atoms with Crippen molar-refractivity contribution in [3.8, 4) is 0 Å². The first kappa shape index (κ1) is 10.2. The summed E-state index contributed by atoms with van der Waals surface area (Å²) >= 11 is 3.46. The Bertz CT molecular complexity index is 302. The van der Waals surface area contributed by atoms with Crippen LogP contribution < -0.4 is 0 Å². The molecule has 1 fully saturated rings. The summed E-state index contributed by atoms with van der Waals surface area (Å²) < 4.78 is 5.56. The fourth-order valence-electron chi connectivity index (χ4n) is 2.41. The second-order valence-corrected chi connectivity index (χ2v) is 4.94. The lowest BCUT2D eigenvalue weighted by Crippen LogP contribution is -2.25. The lowest BCUT2D eigenvalue weighted by atomic mass is 9.73. The van der Waals surface area contributed by atoms with Gasteiger partial charge in [-0.05, 0) is 12.8 Å². The average Bonchev–Trinajstić information content (AvgIpc) is 2.67.